The molecule has 0 atom stereocenters. The Kier molecular flexibility index (Phi) is 8.36. The van der Waals surface area contributed by atoms with Crippen molar-refractivity contribution >= 4 is 17.3 Å². The largest absolute Gasteiger partial charge is 0.363 e. The first-order valence-electron chi connectivity index (χ1n) is 8.18. The van der Waals surface area contributed by atoms with Gasteiger partial charge in [-0.1, -0.05) is 69.4 Å². The Labute approximate surface area is 135 Å². The Hall–Kier alpha value is -1.09. The van der Waals surface area contributed by atoms with Crippen LogP contribution in [0.4, 0.5) is 0 Å². The van der Waals surface area contributed by atoms with E-state index >= 15 is 0 Å². The Balaban J connectivity index is 2.21. The lowest BCUT2D eigenvalue weighted by Crippen LogP contribution is -2.46. The Morgan fingerprint density at radius 2 is 1.62 bits per heavy atom. The number of unbranched alkanes of at least 4 members (excludes halogenated alkanes) is 5. The third-order valence-electron chi connectivity index (χ3n) is 3.74. The molecule has 1 rings (SSSR count). The van der Waals surface area contributed by atoms with Crippen molar-refractivity contribution in [3.63, 3.8) is 0 Å². The average Bonchev–Trinajstić information content (AvgIpc) is 2.47. The summed E-state index contributed by atoms with van der Waals surface area (Å²) < 4.78 is 0. The van der Waals surface area contributed by atoms with Crippen LogP contribution in [0, 0.1) is 0 Å². The summed E-state index contributed by atoms with van der Waals surface area (Å²) >= 11 is 5.40. The molecule has 0 aliphatic carbocycles. The summed E-state index contributed by atoms with van der Waals surface area (Å²) in [4.78, 5) is 0. The molecule has 1 aromatic rings. The van der Waals surface area contributed by atoms with Crippen LogP contribution < -0.4 is 10.6 Å². The predicted octanol–water partition coefficient (Wildman–Crippen LogP) is 4.75. The van der Waals surface area contributed by atoms with Crippen LogP contribution in [0.3, 0.4) is 0 Å². The molecule has 0 unspecified atom stereocenters. The maximum Gasteiger partial charge on any atom is 0.166 e. The topological polar surface area (TPSA) is 24.1 Å². The van der Waals surface area contributed by atoms with Crippen molar-refractivity contribution in [2.75, 3.05) is 6.54 Å². The molecule has 1 aromatic carbocycles. The summed E-state index contributed by atoms with van der Waals surface area (Å²) in [6, 6.07) is 10.4. The molecule has 0 aromatic heterocycles. The van der Waals surface area contributed by atoms with Gasteiger partial charge in [-0.05, 0) is 38.0 Å². The van der Waals surface area contributed by atoms with E-state index in [1.165, 1.54) is 44.1 Å². The average molecular weight is 307 g/mol. The van der Waals surface area contributed by atoms with E-state index in [1.807, 2.05) is 6.07 Å². The summed E-state index contributed by atoms with van der Waals surface area (Å²) in [6.45, 7) is 7.52. The van der Waals surface area contributed by atoms with Gasteiger partial charge in [0.05, 0.1) is 5.54 Å². The molecule has 0 aliphatic heterocycles. The maximum absolute atomic E-state index is 5.40. The van der Waals surface area contributed by atoms with Gasteiger partial charge in [-0.3, -0.25) is 0 Å². The van der Waals surface area contributed by atoms with E-state index in [9.17, 15) is 0 Å². The van der Waals surface area contributed by atoms with Gasteiger partial charge in [-0.2, -0.15) is 0 Å². The van der Waals surface area contributed by atoms with Crippen LogP contribution in [0.25, 0.3) is 0 Å². The molecule has 2 N–H and O–H groups in total. The molecule has 0 aliphatic rings. The molecule has 118 valence electrons. The zero-order valence-corrected chi connectivity index (χ0v) is 14.6. The van der Waals surface area contributed by atoms with Gasteiger partial charge < -0.3 is 10.6 Å². The molecule has 2 nitrogen and oxygen atoms in total. The first-order valence-corrected chi connectivity index (χ1v) is 8.58. The van der Waals surface area contributed by atoms with Gasteiger partial charge in [0, 0.05) is 6.54 Å². The van der Waals surface area contributed by atoms with Gasteiger partial charge in [-0.15, -0.1) is 0 Å². The number of rotatable bonds is 9. The summed E-state index contributed by atoms with van der Waals surface area (Å²) in [6.07, 6.45) is 7.85. The number of benzene rings is 1. The zero-order valence-electron chi connectivity index (χ0n) is 13.7. The maximum atomic E-state index is 5.40. The monoisotopic (exact) mass is 306 g/mol. The second-order valence-electron chi connectivity index (χ2n) is 6.14. The van der Waals surface area contributed by atoms with Crippen LogP contribution in [0.2, 0.25) is 0 Å². The highest BCUT2D eigenvalue weighted by atomic mass is 32.1. The number of thiocarbonyl (C=S) groups is 1. The number of nitrogens with one attached hydrogen (secondary N) is 2. The van der Waals surface area contributed by atoms with Crippen molar-refractivity contribution in [2.24, 2.45) is 0 Å². The fourth-order valence-electron chi connectivity index (χ4n) is 2.36. The second-order valence-corrected chi connectivity index (χ2v) is 6.55. The van der Waals surface area contributed by atoms with E-state index in [4.69, 9.17) is 12.2 Å². The van der Waals surface area contributed by atoms with Crippen molar-refractivity contribution in [3.05, 3.63) is 35.9 Å². The van der Waals surface area contributed by atoms with Crippen molar-refractivity contribution < 1.29 is 0 Å². The molecule has 0 spiro atoms. The van der Waals surface area contributed by atoms with Crippen molar-refractivity contribution in [1.82, 2.24) is 10.6 Å². The Morgan fingerprint density at radius 3 is 2.29 bits per heavy atom. The van der Waals surface area contributed by atoms with Crippen LogP contribution in [-0.4, -0.2) is 11.7 Å². The lowest BCUT2D eigenvalue weighted by Gasteiger charge is -2.28. The SMILES string of the molecule is CCCCCCCCNC(=S)NC(C)(C)c1ccccc1. The normalized spacial score (nSPS) is 11.2. The van der Waals surface area contributed by atoms with Crippen LogP contribution in [0.15, 0.2) is 30.3 Å². The predicted molar refractivity (Wildman–Crippen MR) is 96.6 cm³/mol. The van der Waals surface area contributed by atoms with Crippen LogP contribution in [0.5, 0.6) is 0 Å². The van der Waals surface area contributed by atoms with Crippen LogP contribution in [-0.2, 0) is 5.54 Å². The molecule has 0 bridgehead atoms. The minimum Gasteiger partial charge on any atom is -0.363 e. The molecule has 0 saturated carbocycles. The molecule has 0 fully saturated rings. The van der Waals surface area contributed by atoms with Crippen molar-refractivity contribution in [3.8, 4) is 0 Å². The highest BCUT2D eigenvalue weighted by molar-refractivity contribution is 7.80. The third kappa shape index (κ3) is 7.47. The third-order valence-corrected chi connectivity index (χ3v) is 3.98. The van der Waals surface area contributed by atoms with Gasteiger partial charge in [0.1, 0.15) is 0 Å². The Bertz CT molecular complexity index is 401. The summed E-state index contributed by atoms with van der Waals surface area (Å²) in [5.74, 6) is 0. The summed E-state index contributed by atoms with van der Waals surface area (Å²) in [5, 5.41) is 7.47. The van der Waals surface area contributed by atoms with E-state index in [2.05, 4.69) is 55.7 Å². The molecule has 0 saturated heterocycles. The van der Waals surface area contributed by atoms with Gasteiger partial charge in [0.2, 0.25) is 0 Å². The molecule has 0 amide bonds. The van der Waals surface area contributed by atoms with Gasteiger partial charge in [-0.25, -0.2) is 0 Å². The van der Waals surface area contributed by atoms with E-state index < -0.39 is 0 Å². The number of hydrogen-bond acceptors (Lipinski definition) is 1. The highest BCUT2D eigenvalue weighted by Crippen LogP contribution is 2.19. The minimum absolute atomic E-state index is 0.146. The fraction of sp³-hybridized carbons (Fsp3) is 0.611. The summed E-state index contributed by atoms with van der Waals surface area (Å²) in [5.41, 5.74) is 1.10. The van der Waals surface area contributed by atoms with E-state index in [-0.39, 0.29) is 5.54 Å². The molecule has 0 heterocycles. The quantitative estimate of drug-likeness (QED) is 0.509. The van der Waals surface area contributed by atoms with Crippen molar-refractivity contribution in [2.45, 2.75) is 64.8 Å². The van der Waals surface area contributed by atoms with Gasteiger partial charge >= 0.3 is 0 Å². The molecule has 21 heavy (non-hydrogen) atoms. The fourth-order valence-corrected chi connectivity index (χ4v) is 2.72. The second kappa shape index (κ2) is 9.78. The van der Waals surface area contributed by atoms with Crippen LogP contribution >= 0.6 is 12.2 Å². The minimum atomic E-state index is -0.146. The van der Waals surface area contributed by atoms with Gasteiger partial charge in [0.15, 0.2) is 5.11 Å². The highest BCUT2D eigenvalue weighted by Gasteiger charge is 2.20. The first-order chi connectivity index (χ1) is 10.1. The van der Waals surface area contributed by atoms with E-state index in [0.29, 0.717) is 0 Å². The van der Waals surface area contributed by atoms with Crippen LogP contribution in [0.1, 0.15) is 64.9 Å². The van der Waals surface area contributed by atoms with Crippen molar-refractivity contribution in [1.29, 1.82) is 0 Å². The summed E-state index contributed by atoms with van der Waals surface area (Å²) in [7, 11) is 0. The van der Waals surface area contributed by atoms with E-state index in [0.717, 1.165) is 11.7 Å². The molecular weight excluding hydrogens is 276 g/mol. The standard InChI is InChI=1S/C18H30N2S/c1-4-5-6-7-8-12-15-19-17(21)20-18(2,3)16-13-10-9-11-14-16/h9-11,13-14H,4-8,12,15H2,1-3H3,(H2,19,20,21). The lowest BCUT2D eigenvalue weighted by atomic mass is 9.95. The first kappa shape index (κ1) is 18.0. The molecular formula is C18H30N2S. The zero-order chi connectivity index (χ0) is 15.6. The Morgan fingerprint density at radius 1 is 1.00 bits per heavy atom. The van der Waals surface area contributed by atoms with Gasteiger partial charge in [0.25, 0.3) is 0 Å². The smallest absolute Gasteiger partial charge is 0.166 e. The molecule has 3 heteroatoms. The molecule has 0 radical (unpaired) electrons. The number of hydrogen-bond donors (Lipinski definition) is 2. The lowest BCUT2D eigenvalue weighted by molar-refractivity contribution is 0.480. The van der Waals surface area contributed by atoms with E-state index in [1.54, 1.807) is 0 Å².